The predicted molar refractivity (Wildman–Crippen MR) is 54.6 cm³/mol. The minimum atomic E-state index is -2.41. The number of halogens is 2. The fraction of sp³-hybridized carbons (Fsp3) is 0.818. The van der Waals surface area contributed by atoms with Crippen LogP contribution in [0.15, 0.2) is 11.6 Å². The van der Waals surface area contributed by atoms with E-state index in [9.17, 15) is 8.78 Å². The molecule has 0 radical (unpaired) electrons. The summed E-state index contributed by atoms with van der Waals surface area (Å²) in [5.74, 6) is -2.41. The molecule has 82 valence electrons. The van der Waals surface area contributed by atoms with Gasteiger partial charge in [0.15, 0.2) is 0 Å². The average molecular weight is 203 g/mol. The monoisotopic (exact) mass is 203 g/mol. The van der Waals surface area contributed by atoms with Crippen molar-refractivity contribution in [2.45, 2.75) is 51.5 Å². The van der Waals surface area contributed by atoms with E-state index < -0.39 is 5.92 Å². The van der Waals surface area contributed by atoms with Gasteiger partial charge in [0.1, 0.15) is 0 Å². The van der Waals surface area contributed by atoms with Crippen LogP contribution < -0.4 is 5.32 Å². The molecule has 0 aromatic carbocycles. The van der Waals surface area contributed by atoms with Crippen molar-refractivity contribution < 1.29 is 8.78 Å². The molecule has 0 spiro atoms. The van der Waals surface area contributed by atoms with E-state index in [0.29, 0.717) is 12.8 Å². The zero-order valence-electron chi connectivity index (χ0n) is 8.95. The second kappa shape index (κ2) is 4.87. The Balaban J connectivity index is 2.20. The number of alkyl halides is 2. The quantitative estimate of drug-likeness (QED) is 0.695. The molecule has 1 saturated carbocycles. The molecule has 0 aromatic heterocycles. The van der Waals surface area contributed by atoms with Crippen molar-refractivity contribution in [2.24, 2.45) is 0 Å². The van der Waals surface area contributed by atoms with Crippen LogP contribution in [-0.2, 0) is 0 Å². The molecule has 14 heavy (non-hydrogen) atoms. The Kier molecular flexibility index (Phi) is 4.05. The zero-order valence-corrected chi connectivity index (χ0v) is 8.95. The predicted octanol–water partition coefficient (Wildman–Crippen LogP) is 3.12. The Morgan fingerprint density at radius 3 is 2.43 bits per heavy atom. The van der Waals surface area contributed by atoms with Gasteiger partial charge in [-0.15, -0.1) is 0 Å². The highest BCUT2D eigenvalue weighted by Crippen LogP contribution is 2.32. The molecular formula is C11H19F2N. The van der Waals surface area contributed by atoms with Crippen molar-refractivity contribution in [2.75, 3.05) is 6.54 Å². The second-order valence-corrected chi connectivity index (χ2v) is 4.32. The smallest absolute Gasteiger partial charge is 0.248 e. The van der Waals surface area contributed by atoms with Gasteiger partial charge >= 0.3 is 0 Å². The molecule has 0 amide bonds. The highest BCUT2D eigenvalue weighted by Gasteiger charge is 2.34. The zero-order chi connectivity index (χ0) is 10.6. The number of allylic oxidation sites excluding steroid dienone is 1. The third kappa shape index (κ3) is 4.18. The van der Waals surface area contributed by atoms with E-state index in [0.717, 1.165) is 6.54 Å². The van der Waals surface area contributed by atoms with Crippen molar-refractivity contribution in [1.82, 2.24) is 5.32 Å². The van der Waals surface area contributed by atoms with Crippen LogP contribution in [0.5, 0.6) is 0 Å². The molecule has 1 nitrogen and oxygen atoms in total. The molecule has 1 rings (SSSR count). The van der Waals surface area contributed by atoms with Crippen LogP contribution in [0.25, 0.3) is 0 Å². The van der Waals surface area contributed by atoms with Crippen LogP contribution in [-0.4, -0.2) is 18.5 Å². The normalized spacial score (nSPS) is 22.0. The lowest BCUT2D eigenvalue weighted by atomic mass is 9.92. The molecule has 3 heteroatoms. The molecule has 1 fully saturated rings. The molecule has 1 N–H and O–H groups in total. The van der Waals surface area contributed by atoms with Crippen molar-refractivity contribution in [1.29, 1.82) is 0 Å². The van der Waals surface area contributed by atoms with Gasteiger partial charge in [-0.2, -0.15) is 0 Å². The van der Waals surface area contributed by atoms with Gasteiger partial charge in [-0.05, 0) is 26.7 Å². The fourth-order valence-corrected chi connectivity index (χ4v) is 1.67. The van der Waals surface area contributed by atoms with Crippen molar-refractivity contribution in [3.05, 3.63) is 11.6 Å². The van der Waals surface area contributed by atoms with Gasteiger partial charge < -0.3 is 5.32 Å². The first-order valence-corrected chi connectivity index (χ1v) is 5.24. The maximum absolute atomic E-state index is 12.8. The molecule has 0 heterocycles. The van der Waals surface area contributed by atoms with E-state index in [1.807, 2.05) is 13.8 Å². The lowest BCUT2D eigenvalue weighted by Gasteiger charge is -2.28. The molecule has 0 aliphatic heterocycles. The van der Waals surface area contributed by atoms with Crippen LogP contribution in [0.2, 0.25) is 0 Å². The van der Waals surface area contributed by atoms with Crippen LogP contribution in [0.3, 0.4) is 0 Å². The lowest BCUT2D eigenvalue weighted by Crippen LogP contribution is -2.37. The van der Waals surface area contributed by atoms with E-state index in [4.69, 9.17) is 0 Å². The Morgan fingerprint density at radius 2 is 1.93 bits per heavy atom. The average Bonchev–Trinajstić information content (AvgIpc) is 2.07. The first kappa shape index (κ1) is 11.6. The lowest BCUT2D eigenvalue weighted by molar-refractivity contribution is -0.0401. The Hall–Kier alpha value is -0.440. The summed E-state index contributed by atoms with van der Waals surface area (Å²) in [6.45, 7) is 4.88. The Bertz CT molecular complexity index is 197. The highest BCUT2D eigenvalue weighted by molar-refractivity contribution is 4.95. The van der Waals surface area contributed by atoms with Crippen LogP contribution in [0.4, 0.5) is 8.78 Å². The topological polar surface area (TPSA) is 12.0 Å². The van der Waals surface area contributed by atoms with E-state index in [2.05, 4.69) is 11.4 Å². The molecule has 0 bridgehead atoms. The highest BCUT2D eigenvalue weighted by atomic mass is 19.3. The summed E-state index contributed by atoms with van der Waals surface area (Å²) < 4.78 is 25.6. The van der Waals surface area contributed by atoms with Crippen molar-refractivity contribution >= 4 is 0 Å². The summed E-state index contributed by atoms with van der Waals surface area (Å²) in [7, 11) is 0. The van der Waals surface area contributed by atoms with Crippen molar-refractivity contribution in [3.63, 3.8) is 0 Å². The number of rotatable bonds is 3. The van der Waals surface area contributed by atoms with Crippen LogP contribution >= 0.6 is 0 Å². The maximum Gasteiger partial charge on any atom is 0.248 e. The Morgan fingerprint density at radius 1 is 1.36 bits per heavy atom. The molecule has 0 unspecified atom stereocenters. The fourth-order valence-electron chi connectivity index (χ4n) is 1.67. The van der Waals surface area contributed by atoms with Crippen LogP contribution in [0, 0.1) is 0 Å². The van der Waals surface area contributed by atoms with Gasteiger partial charge in [-0.3, -0.25) is 0 Å². The molecule has 0 aromatic rings. The maximum atomic E-state index is 12.8. The SMILES string of the molecule is CC(C)=CCNC1CCC(F)(F)CC1. The number of hydrogen-bond donors (Lipinski definition) is 1. The molecule has 0 saturated heterocycles. The molecule has 1 aliphatic rings. The third-order valence-electron chi connectivity index (χ3n) is 2.63. The van der Waals surface area contributed by atoms with E-state index in [1.54, 1.807) is 0 Å². The molecular weight excluding hydrogens is 184 g/mol. The van der Waals surface area contributed by atoms with E-state index >= 15 is 0 Å². The minimum Gasteiger partial charge on any atom is -0.311 e. The van der Waals surface area contributed by atoms with Crippen LogP contribution in [0.1, 0.15) is 39.5 Å². The van der Waals surface area contributed by atoms with E-state index in [1.165, 1.54) is 5.57 Å². The largest absolute Gasteiger partial charge is 0.311 e. The first-order valence-electron chi connectivity index (χ1n) is 5.24. The minimum absolute atomic E-state index is 0.0412. The molecule has 0 atom stereocenters. The summed E-state index contributed by atoms with van der Waals surface area (Å²) in [6.07, 6.45) is 3.37. The Labute approximate surface area is 84.6 Å². The standard InChI is InChI=1S/C11H19F2N/c1-9(2)5-8-14-10-3-6-11(12,13)7-4-10/h5,10,14H,3-4,6-8H2,1-2H3. The second-order valence-electron chi connectivity index (χ2n) is 4.32. The summed E-state index contributed by atoms with van der Waals surface area (Å²) in [5.41, 5.74) is 1.26. The van der Waals surface area contributed by atoms with Gasteiger partial charge in [-0.25, -0.2) is 8.78 Å². The van der Waals surface area contributed by atoms with Gasteiger partial charge in [0.2, 0.25) is 5.92 Å². The third-order valence-corrected chi connectivity index (χ3v) is 2.63. The number of nitrogens with one attached hydrogen (secondary N) is 1. The summed E-state index contributed by atoms with van der Waals surface area (Å²) in [4.78, 5) is 0. The van der Waals surface area contributed by atoms with Gasteiger partial charge in [0, 0.05) is 25.4 Å². The van der Waals surface area contributed by atoms with E-state index in [-0.39, 0.29) is 18.9 Å². The number of hydrogen-bond acceptors (Lipinski definition) is 1. The summed E-state index contributed by atoms with van der Waals surface area (Å²) in [6, 6.07) is 0.283. The summed E-state index contributed by atoms with van der Waals surface area (Å²) >= 11 is 0. The van der Waals surface area contributed by atoms with Gasteiger partial charge in [0.05, 0.1) is 0 Å². The first-order chi connectivity index (χ1) is 6.49. The van der Waals surface area contributed by atoms with Gasteiger partial charge in [-0.1, -0.05) is 11.6 Å². The van der Waals surface area contributed by atoms with Gasteiger partial charge in [0.25, 0.3) is 0 Å². The summed E-state index contributed by atoms with van der Waals surface area (Å²) in [5, 5.41) is 3.28. The van der Waals surface area contributed by atoms with Crippen molar-refractivity contribution in [3.8, 4) is 0 Å². The molecule has 1 aliphatic carbocycles.